The molecule has 0 fully saturated rings. The summed E-state index contributed by atoms with van der Waals surface area (Å²) in [5, 5.41) is 3.05. The summed E-state index contributed by atoms with van der Waals surface area (Å²) < 4.78 is 72.5. The second-order valence-electron chi connectivity index (χ2n) is 5.26. The van der Waals surface area contributed by atoms with Crippen molar-refractivity contribution in [3.8, 4) is 5.75 Å². The summed E-state index contributed by atoms with van der Waals surface area (Å²) in [7, 11) is -3.39. The summed E-state index contributed by atoms with van der Waals surface area (Å²) in [6.07, 6.45) is -1.86. The number of aromatic nitrogens is 4. The number of sulfonamides is 1. The van der Waals surface area contributed by atoms with E-state index in [0.717, 1.165) is 23.8 Å². The molecule has 3 aromatic rings. The highest BCUT2D eigenvalue weighted by Gasteiger charge is 2.36. The second-order valence-corrected chi connectivity index (χ2v) is 6.83. The number of nitrogens with zero attached hydrogens (tertiary/aromatic N) is 4. The number of benzene rings is 1. The first-order valence-electron chi connectivity index (χ1n) is 7.08. The number of anilines is 1. The molecule has 0 aliphatic rings. The minimum absolute atomic E-state index is 0.00736. The van der Waals surface area contributed by atoms with E-state index in [1.54, 1.807) is 6.92 Å². The zero-order chi connectivity index (χ0) is 19.1. The van der Waals surface area contributed by atoms with E-state index >= 15 is 0 Å². The fourth-order valence-electron chi connectivity index (χ4n) is 2.19. The van der Waals surface area contributed by atoms with Crippen molar-refractivity contribution in [3.05, 3.63) is 41.7 Å². The van der Waals surface area contributed by atoms with Gasteiger partial charge in [-0.15, -0.1) is 5.10 Å². The topological polar surface area (TPSA) is 98.5 Å². The lowest BCUT2D eigenvalue weighted by molar-refractivity contribution is -0.137. The number of fused-ring (bicyclic) bond motifs is 1. The molecular formula is C14H12F3N5O3S. The van der Waals surface area contributed by atoms with E-state index in [2.05, 4.69) is 15.1 Å². The Hall–Kier alpha value is -2.89. The molecule has 0 aliphatic heterocycles. The third-order valence-electron chi connectivity index (χ3n) is 3.33. The summed E-state index contributed by atoms with van der Waals surface area (Å²) in [6.45, 7) is 1.71. The van der Waals surface area contributed by atoms with Crippen LogP contribution in [0.1, 0.15) is 11.1 Å². The van der Waals surface area contributed by atoms with E-state index in [1.165, 1.54) is 18.5 Å². The monoisotopic (exact) mass is 387 g/mol. The molecule has 8 nitrogen and oxygen atoms in total. The van der Waals surface area contributed by atoms with Crippen molar-refractivity contribution >= 4 is 21.5 Å². The van der Waals surface area contributed by atoms with E-state index in [9.17, 15) is 21.6 Å². The van der Waals surface area contributed by atoms with Crippen LogP contribution in [0.5, 0.6) is 5.75 Å². The SMILES string of the molecule is COc1cccc(C(F)(F)F)c1NS(=O)(=O)c1nc2ncc(C)cn2n1. The summed E-state index contributed by atoms with van der Waals surface area (Å²) in [5.74, 6) is -0.298. The summed E-state index contributed by atoms with van der Waals surface area (Å²) in [5.41, 5.74) is -1.24. The normalized spacial score (nSPS) is 12.3. The highest BCUT2D eigenvalue weighted by Crippen LogP contribution is 2.40. The van der Waals surface area contributed by atoms with Crippen LogP contribution in [0, 0.1) is 6.92 Å². The van der Waals surface area contributed by atoms with Gasteiger partial charge in [0, 0.05) is 12.4 Å². The van der Waals surface area contributed by atoms with Crippen LogP contribution in [0.25, 0.3) is 5.78 Å². The Morgan fingerprint density at radius 3 is 2.65 bits per heavy atom. The van der Waals surface area contributed by atoms with Crippen molar-refractivity contribution < 1.29 is 26.3 Å². The molecule has 3 rings (SSSR count). The highest BCUT2D eigenvalue weighted by atomic mass is 32.2. The maximum absolute atomic E-state index is 13.2. The molecule has 0 saturated carbocycles. The van der Waals surface area contributed by atoms with Gasteiger partial charge in [-0.3, -0.25) is 4.72 Å². The average molecular weight is 387 g/mol. The average Bonchev–Trinajstić information content (AvgIpc) is 2.97. The molecule has 0 bridgehead atoms. The fourth-order valence-corrected chi connectivity index (χ4v) is 3.16. The molecule has 1 N–H and O–H groups in total. The number of hydrogen-bond donors (Lipinski definition) is 1. The van der Waals surface area contributed by atoms with Crippen molar-refractivity contribution in [2.24, 2.45) is 0 Å². The lowest BCUT2D eigenvalue weighted by atomic mass is 10.1. The molecule has 26 heavy (non-hydrogen) atoms. The van der Waals surface area contributed by atoms with Crippen LogP contribution >= 0.6 is 0 Å². The third-order valence-corrected chi connectivity index (χ3v) is 4.46. The van der Waals surface area contributed by atoms with Gasteiger partial charge >= 0.3 is 6.18 Å². The molecule has 0 radical (unpaired) electrons. The number of halogens is 3. The van der Waals surface area contributed by atoms with Crippen LogP contribution in [0.4, 0.5) is 18.9 Å². The van der Waals surface area contributed by atoms with E-state index in [1.807, 2.05) is 4.72 Å². The molecule has 0 atom stereocenters. The minimum atomic E-state index is -4.79. The van der Waals surface area contributed by atoms with Crippen LogP contribution in [-0.2, 0) is 16.2 Å². The lowest BCUT2D eigenvalue weighted by Crippen LogP contribution is -2.19. The predicted molar refractivity (Wildman–Crippen MR) is 84.3 cm³/mol. The summed E-state index contributed by atoms with van der Waals surface area (Å²) in [6, 6.07) is 3.05. The summed E-state index contributed by atoms with van der Waals surface area (Å²) >= 11 is 0. The first-order chi connectivity index (χ1) is 12.1. The smallest absolute Gasteiger partial charge is 0.418 e. The quantitative estimate of drug-likeness (QED) is 0.737. The fraction of sp³-hybridized carbons (Fsp3) is 0.214. The lowest BCUT2D eigenvalue weighted by Gasteiger charge is -2.16. The van der Waals surface area contributed by atoms with Crippen LogP contribution in [0.3, 0.4) is 0 Å². The van der Waals surface area contributed by atoms with Crippen LogP contribution in [0.15, 0.2) is 35.7 Å². The zero-order valence-corrected chi connectivity index (χ0v) is 14.3. The van der Waals surface area contributed by atoms with Crippen LogP contribution in [-0.4, -0.2) is 35.1 Å². The maximum atomic E-state index is 13.2. The first-order valence-corrected chi connectivity index (χ1v) is 8.56. The van der Waals surface area contributed by atoms with Gasteiger partial charge in [-0.2, -0.15) is 26.6 Å². The zero-order valence-electron chi connectivity index (χ0n) is 13.4. The number of rotatable bonds is 4. The number of aryl methyl sites for hydroxylation is 1. The summed E-state index contributed by atoms with van der Waals surface area (Å²) in [4.78, 5) is 7.64. The van der Waals surface area contributed by atoms with E-state index in [0.29, 0.717) is 5.56 Å². The number of methoxy groups -OCH3 is 1. The predicted octanol–water partition coefficient (Wildman–Crippen LogP) is 2.26. The maximum Gasteiger partial charge on any atom is 0.418 e. The number of ether oxygens (including phenoxy) is 1. The third kappa shape index (κ3) is 3.27. The molecule has 1 aromatic carbocycles. The Bertz CT molecular complexity index is 1080. The van der Waals surface area contributed by atoms with Gasteiger partial charge in [-0.1, -0.05) is 6.07 Å². The van der Waals surface area contributed by atoms with Crippen molar-refractivity contribution in [1.82, 2.24) is 19.6 Å². The Kier molecular flexibility index (Phi) is 4.22. The standard InChI is InChI=1S/C14H12F3N5O3S/c1-8-6-18-12-19-13(20-22(12)7-8)26(23,24)21-11-9(14(15,16)17)4-3-5-10(11)25-2/h3-7,21H,1-2H3. The molecule has 0 unspecified atom stereocenters. The molecule has 0 aliphatic carbocycles. The van der Waals surface area contributed by atoms with Crippen LogP contribution in [0.2, 0.25) is 0 Å². The molecule has 2 aromatic heterocycles. The van der Waals surface area contributed by atoms with Gasteiger partial charge in [0.25, 0.3) is 21.0 Å². The molecular weight excluding hydrogens is 375 g/mol. The van der Waals surface area contributed by atoms with Gasteiger partial charge in [0.15, 0.2) is 0 Å². The second kappa shape index (κ2) is 6.12. The number of alkyl halides is 3. The van der Waals surface area contributed by atoms with Crippen molar-refractivity contribution in [2.45, 2.75) is 18.3 Å². The molecule has 0 saturated heterocycles. The van der Waals surface area contributed by atoms with Gasteiger partial charge in [-0.05, 0) is 24.6 Å². The number of hydrogen-bond acceptors (Lipinski definition) is 6. The number of nitrogens with one attached hydrogen (secondary N) is 1. The van der Waals surface area contributed by atoms with Crippen molar-refractivity contribution in [3.63, 3.8) is 0 Å². The number of para-hydroxylation sites is 1. The molecule has 0 amide bonds. The van der Waals surface area contributed by atoms with Crippen LogP contribution < -0.4 is 9.46 Å². The largest absolute Gasteiger partial charge is 0.495 e. The Morgan fingerprint density at radius 2 is 2.00 bits per heavy atom. The first kappa shape index (κ1) is 17.9. The Morgan fingerprint density at radius 1 is 1.27 bits per heavy atom. The minimum Gasteiger partial charge on any atom is -0.495 e. The molecule has 2 heterocycles. The van der Waals surface area contributed by atoms with Crippen molar-refractivity contribution in [2.75, 3.05) is 11.8 Å². The molecule has 138 valence electrons. The van der Waals surface area contributed by atoms with Crippen molar-refractivity contribution in [1.29, 1.82) is 0 Å². The molecule has 12 heteroatoms. The highest BCUT2D eigenvalue weighted by molar-refractivity contribution is 7.92. The van der Waals surface area contributed by atoms with Gasteiger partial charge in [0.1, 0.15) is 11.4 Å². The van der Waals surface area contributed by atoms with Gasteiger partial charge < -0.3 is 4.74 Å². The van der Waals surface area contributed by atoms with E-state index in [-0.39, 0.29) is 11.5 Å². The van der Waals surface area contributed by atoms with Gasteiger partial charge in [-0.25, -0.2) is 9.50 Å². The van der Waals surface area contributed by atoms with E-state index < -0.39 is 32.6 Å². The Balaban J connectivity index is 2.09. The van der Waals surface area contributed by atoms with E-state index in [4.69, 9.17) is 4.74 Å². The van der Waals surface area contributed by atoms with Gasteiger partial charge in [0.05, 0.1) is 12.7 Å². The van der Waals surface area contributed by atoms with Gasteiger partial charge in [0.2, 0.25) is 0 Å². The Labute approximate surface area is 145 Å². The molecule has 0 spiro atoms.